The number of carbonyl (C=O) groups excluding carboxylic acids is 2. The third-order valence-corrected chi connectivity index (χ3v) is 4.52. The number of rotatable bonds is 4. The Bertz CT molecular complexity index is 747. The largest absolute Gasteiger partial charge is 0.496 e. The van der Waals surface area contributed by atoms with Gasteiger partial charge in [-0.1, -0.05) is 6.07 Å². The number of nitrogens with one attached hydrogen (secondary N) is 1. The predicted molar refractivity (Wildman–Crippen MR) is 92.8 cm³/mol. The lowest BCUT2D eigenvalue weighted by atomic mass is 10.0. The van der Waals surface area contributed by atoms with Gasteiger partial charge in [-0.25, -0.2) is 0 Å². The van der Waals surface area contributed by atoms with Crippen LogP contribution in [0.5, 0.6) is 5.75 Å². The van der Waals surface area contributed by atoms with Crippen molar-refractivity contribution in [2.24, 2.45) is 0 Å². The van der Waals surface area contributed by atoms with Crippen LogP contribution in [0.3, 0.4) is 0 Å². The number of hydrogen-bond donors (Lipinski definition) is 1. The molecule has 132 valence electrons. The van der Waals surface area contributed by atoms with Crippen LogP contribution in [0.15, 0.2) is 41.0 Å². The molecule has 25 heavy (non-hydrogen) atoms. The van der Waals surface area contributed by atoms with Gasteiger partial charge >= 0.3 is 0 Å². The van der Waals surface area contributed by atoms with E-state index in [1.165, 1.54) is 6.26 Å². The fourth-order valence-electron chi connectivity index (χ4n) is 3.01. The molecule has 1 saturated heterocycles. The van der Waals surface area contributed by atoms with Crippen LogP contribution in [0.25, 0.3) is 0 Å². The van der Waals surface area contributed by atoms with Crippen LogP contribution >= 0.6 is 0 Å². The molecule has 0 aliphatic carbocycles. The summed E-state index contributed by atoms with van der Waals surface area (Å²) in [6, 6.07) is 8.85. The van der Waals surface area contributed by atoms with E-state index in [4.69, 9.17) is 9.15 Å². The number of aryl methyl sites for hydroxylation is 1. The molecular formula is C19H22N2O4. The van der Waals surface area contributed by atoms with Gasteiger partial charge in [0.1, 0.15) is 5.75 Å². The third-order valence-electron chi connectivity index (χ3n) is 4.52. The summed E-state index contributed by atoms with van der Waals surface area (Å²) in [6.45, 7) is 3.13. The van der Waals surface area contributed by atoms with Crippen LogP contribution in [0.4, 0.5) is 0 Å². The molecule has 0 atom stereocenters. The number of nitrogens with zero attached hydrogens (tertiary/aromatic N) is 1. The molecule has 0 spiro atoms. The van der Waals surface area contributed by atoms with Crippen LogP contribution in [-0.2, 0) is 0 Å². The van der Waals surface area contributed by atoms with Gasteiger partial charge in [0.2, 0.25) is 0 Å². The molecule has 6 heteroatoms. The average molecular weight is 342 g/mol. The van der Waals surface area contributed by atoms with Gasteiger partial charge in [0.05, 0.1) is 13.4 Å². The first-order chi connectivity index (χ1) is 12.1. The normalized spacial score (nSPS) is 15.0. The van der Waals surface area contributed by atoms with Crippen molar-refractivity contribution in [3.63, 3.8) is 0 Å². The maximum absolute atomic E-state index is 12.4. The summed E-state index contributed by atoms with van der Waals surface area (Å²) in [6.07, 6.45) is 2.94. The van der Waals surface area contributed by atoms with Crippen LogP contribution in [-0.4, -0.2) is 43.0 Å². The minimum Gasteiger partial charge on any atom is -0.496 e. The van der Waals surface area contributed by atoms with Gasteiger partial charge in [-0.3, -0.25) is 9.59 Å². The van der Waals surface area contributed by atoms with Crippen molar-refractivity contribution >= 4 is 11.8 Å². The highest BCUT2D eigenvalue weighted by Crippen LogP contribution is 2.20. The van der Waals surface area contributed by atoms with E-state index in [0.717, 1.165) is 18.4 Å². The van der Waals surface area contributed by atoms with Crippen molar-refractivity contribution in [3.05, 3.63) is 53.5 Å². The van der Waals surface area contributed by atoms with E-state index >= 15 is 0 Å². The summed E-state index contributed by atoms with van der Waals surface area (Å²) < 4.78 is 10.4. The van der Waals surface area contributed by atoms with E-state index in [2.05, 4.69) is 5.32 Å². The van der Waals surface area contributed by atoms with E-state index in [1.807, 2.05) is 13.0 Å². The first kappa shape index (κ1) is 17.1. The summed E-state index contributed by atoms with van der Waals surface area (Å²) in [5, 5.41) is 3.04. The number of piperidine rings is 1. The van der Waals surface area contributed by atoms with Gasteiger partial charge in [-0.15, -0.1) is 0 Å². The first-order valence-electron chi connectivity index (χ1n) is 8.37. The molecule has 1 aliphatic rings. The Labute approximate surface area is 146 Å². The quantitative estimate of drug-likeness (QED) is 0.927. The number of hydrogen-bond acceptors (Lipinski definition) is 4. The number of ether oxygens (including phenoxy) is 1. The SMILES string of the molecule is COc1cc(C(=O)NC2CCN(C(=O)c3ccco3)CC2)ccc1C. The molecule has 3 rings (SSSR count). The topological polar surface area (TPSA) is 71.8 Å². The average Bonchev–Trinajstić information content (AvgIpc) is 3.16. The Morgan fingerprint density at radius 2 is 2.00 bits per heavy atom. The number of likely N-dealkylation sites (tertiary alicyclic amines) is 1. The standard InChI is InChI=1S/C19H22N2O4/c1-13-5-6-14(12-17(13)24-2)18(22)20-15-7-9-21(10-8-15)19(23)16-4-3-11-25-16/h3-6,11-12,15H,7-10H2,1-2H3,(H,20,22). The molecule has 0 bridgehead atoms. The minimum atomic E-state index is -0.117. The molecule has 0 saturated carbocycles. The zero-order valence-electron chi connectivity index (χ0n) is 14.5. The van der Waals surface area contributed by atoms with Crippen LogP contribution in [0, 0.1) is 6.92 Å². The van der Waals surface area contributed by atoms with E-state index < -0.39 is 0 Å². The molecule has 1 N–H and O–H groups in total. The van der Waals surface area contributed by atoms with E-state index in [0.29, 0.717) is 30.2 Å². The molecule has 2 aromatic rings. The summed E-state index contributed by atoms with van der Waals surface area (Å²) in [5.41, 5.74) is 1.57. The summed E-state index contributed by atoms with van der Waals surface area (Å²) in [4.78, 5) is 26.4. The summed E-state index contributed by atoms with van der Waals surface area (Å²) >= 11 is 0. The van der Waals surface area contributed by atoms with Crippen LogP contribution in [0.2, 0.25) is 0 Å². The lowest BCUT2D eigenvalue weighted by Crippen LogP contribution is -2.46. The molecule has 1 aliphatic heterocycles. The molecule has 2 heterocycles. The van der Waals surface area contributed by atoms with Gasteiger partial charge in [0, 0.05) is 24.7 Å². The maximum atomic E-state index is 12.4. The zero-order valence-corrected chi connectivity index (χ0v) is 14.5. The Balaban J connectivity index is 1.55. The van der Waals surface area contributed by atoms with Crippen molar-refractivity contribution in [3.8, 4) is 5.75 Å². The van der Waals surface area contributed by atoms with Crippen molar-refractivity contribution < 1.29 is 18.7 Å². The number of benzene rings is 1. The van der Waals surface area contributed by atoms with Gasteiger partial charge in [0.25, 0.3) is 11.8 Å². The Kier molecular flexibility index (Phi) is 5.07. The van der Waals surface area contributed by atoms with Gasteiger partial charge in [-0.2, -0.15) is 0 Å². The summed E-state index contributed by atoms with van der Waals surface area (Å²) in [5.74, 6) is 0.841. The molecule has 1 aromatic carbocycles. The van der Waals surface area contributed by atoms with E-state index in [-0.39, 0.29) is 17.9 Å². The lowest BCUT2D eigenvalue weighted by Gasteiger charge is -2.31. The van der Waals surface area contributed by atoms with Crippen molar-refractivity contribution in [1.29, 1.82) is 0 Å². The van der Waals surface area contributed by atoms with E-state index in [1.54, 1.807) is 36.3 Å². The molecule has 0 unspecified atom stereocenters. The fourth-order valence-corrected chi connectivity index (χ4v) is 3.01. The Morgan fingerprint density at radius 3 is 2.64 bits per heavy atom. The second kappa shape index (κ2) is 7.42. The second-order valence-electron chi connectivity index (χ2n) is 6.20. The van der Waals surface area contributed by atoms with Crippen LogP contribution < -0.4 is 10.1 Å². The highest BCUT2D eigenvalue weighted by molar-refractivity contribution is 5.95. The number of methoxy groups -OCH3 is 1. The molecule has 6 nitrogen and oxygen atoms in total. The maximum Gasteiger partial charge on any atom is 0.289 e. The lowest BCUT2D eigenvalue weighted by molar-refractivity contribution is 0.0667. The Hall–Kier alpha value is -2.76. The number of amides is 2. The molecule has 2 amide bonds. The van der Waals surface area contributed by atoms with Gasteiger partial charge < -0.3 is 19.4 Å². The number of furan rings is 1. The van der Waals surface area contributed by atoms with E-state index in [9.17, 15) is 9.59 Å². The third kappa shape index (κ3) is 3.84. The zero-order chi connectivity index (χ0) is 17.8. The van der Waals surface area contributed by atoms with Crippen molar-refractivity contribution in [2.75, 3.05) is 20.2 Å². The Morgan fingerprint density at radius 1 is 1.24 bits per heavy atom. The smallest absolute Gasteiger partial charge is 0.289 e. The monoisotopic (exact) mass is 342 g/mol. The van der Waals surface area contributed by atoms with Gasteiger partial charge in [-0.05, 0) is 49.6 Å². The van der Waals surface area contributed by atoms with Crippen molar-refractivity contribution in [1.82, 2.24) is 10.2 Å². The number of carbonyl (C=O) groups is 2. The minimum absolute atomic E-state index is 0.0560. The second-order valence-corrected chi connectivity index (χ2v) is 6.20. The molecule has 0 radical (unpaired) electrons. The highest BCUT2D eigenvalue weighted by Gasteiger charge is 2.26. The molecular weight excluding hydrogens is 320 g/mol. The fraction of sp³-hybridized carbons (Fsp3) is 0.368. The van der Waals surface area contributed by atoms with Gasteiger partial charge in [0.15, 0.2) is 5.76 Å². The predicted octanol–water partition coefficient (Wildman–Crippen LogP) is 2.63. The highest BCUT2D eigenvalue weighted by atomic mass is 16.5. The summed E-state index contributed by atoms with van der Waals surface area (Å²) in [7, 11) is 1.59. The molecule has 1 aromatic heterocycles. The van der Waals surface area contributed by atoms with Crippen LogP contribution in [0.1, 0.15) is 39.3 Å². The first-order valence-corrected chi connectivity index (χ1v) is 8.37. The molecule has 1 fully saturated rings. The van der Waals surface area contributed by atoms with Crippen molar-refractivity contribution in [2.45, 2.75) is 25.8 Å².